The minimum atomic E-state index is -3.56. The van der Waals surface area contributed by atoms with E-state index in [2.05, 4.69) is 5.32 Å². The van der Waals surface area contributed by atoms with Gasteiger partial charge in [0.1, 0.15) is 10.6 Å². The molecule has 0 radical (unpaired) electrons. The van der Waals surface area contributed by atoms with E-state index in [1.165, 1.54) is 7.11 Å². The number of hydrogen-bond donors (Lipinski definition) is 1. The van der Waals surface area contributed by atoms with E-state index >= 15 is 0 Å². The number of rotatable bonds is 3. The van der Waals surface area contributed by atoms with Gasteiger partial charge in [-0.1, -0.05) is 6.07 Å². The number of nitrogens with one attached hydrogen (secondary N) is 1. The molecule has 21 heavy (non-hydrogen) atoms. The average molecular weight is 312 g/mol. The predicted octanol–water partition coefficient (Wildman–Crippen LogP) is 1.68. The van der Waals surface area contributed by atoms with Crippen LogP contribution in [-0.4, -0.2) is 45.0 Å². The normalized spacial score (nSPS) is 24.0. The van der Waals surface area contributed by atoms with Crippen LogP contribution in [0.25, 0.3) is 0 Å². The zero-order valence-corrected chi connectivity index (χ0v) is 14.1. The fraction of sp³-hybridized carbons (Fsp3) is 0.600. The maximum atomic E-state index is 13.0. The summed E-state index contributed by atoms with van der Waals surface area (Å²) in [6.07, 6.45) is 0. The monoisotopic (exact) mass is 312 g/mol. The Hall–Kier alpha value is -1.11. The van der Waals surface area contributed by atoms with Crippen molar-refractivity contribution in [3.63, 3.8) is 0 Å². The van der Waals surface area contributed by atoms with Crippen molar-refractivity contribution >= 4 is 10.0 Å². The van der Waals surface area contributed by atoms with Gasteiger partial charge in [-0.2, -0.15) is 4.31 Å². The van der Waals surface area contributed by atoms with Crippen molar-refractivity contribution < 1.29 is 13.2 Å². The number of sulfonamides is 1. The molecule has 0 bridgehead atoms. The van der Waals surface area contributed by atoms with Crippen LogP contribution >= 0.6 is 0 Å². The Bertz CT molecular complexity index is 628. The molecule has 0 spiro atoms. The van der Waals surface area contributed by atoms with Gasteiger partial charge in [-0.25, -0.2) is 8.42 Å². The highest BCUT2D eigenvalue weighted by Crippen LogP contribution is 2.32. The quantitative estimate of drug-likeness (QED) is 0.922. The first-order valence-electron chi connectivity index (χ1n) is 7.19. The smallest absolute Gasteiger partial charge is 0.247 e. The molecule has 1 saturated heterocycles. The Morgan fingerprint density at radius 2 is 1.95 bits per heavy atom. The SMILES string of the molecule is COc1c(C)cc(C)cc1S(=O)(=O)N1CCNC(C)C1C. The highest BCUT2D eigenvalue weighted by atomic mass is 32.2. The largest absolute Gasteiger partial charge is 0.495 e. The van der Waals surface area contributed by atoms with Gasteiger partial charge in [0.25, 0.3) is 0 Å². The summed E-state index contributed by atoms with van der Waals surface area (Å²) in [5.41, 5.74) is 1.76. The van der Waals surface area contributed by atoms with Crippen molar-refractivity contribution in [2.45, 2.75) is 44.7 Å². The summed E-state index contributed by atoms with van der Waals surface area (Å²) >= 11 is 0. The molecular formula is C15H24N2O3S. The minimum absolute atomic E-state index is 0.0886. The zero-order valence-electron chi connectivity index (χ0n) is 13.3. The van der Waals surface area contributed by atoms with Crippen LogP contribution in [0.1, 0.15) is 25.0 Å². The number of methoxy groups -OCH3 is 1. The maximum absolute atomic E-state index is 13.0. The van der Waals surface area contributed by atoms with Gasteiger partial charge in [0, 0.05) is 25.2 Å². The van der Waals surface area contributed by atoms with Crippen molar-refractivity contribution in [3.05, 3.63) is 23.3 Å². The summed E-state index contributed by atoms with van der Waals surface area (Å²) < 4.78 is 33.0. The van der Waals surface area contributed by atoms with E-state index in [1.54, 1.807) is 10.4 Å². The van der Waals surface area contributed by atoms with Gasteiger partial charge in [-0.15, -0.1) is 0 Å². The fourth-order valence-corrected chi connectivity index (χ4v) is 4.88. The second kappa shape index (κ2) is 5.94. The first kappa shape index (κ1) is 16.3. The van der Waals surface area contributed by atoms with Crippen molar-refractivity contribution in [1.82, 2.24) is 9.62 Å². The third-order valence-electron chi connectivity index (χ3n) is 4.15. The third-order valence-corrected chi connectivity index (χ3v) is 6.14. The molecule has 118 valence electrons. The molecule has 0 aromatic heterocycles. The molecule has 0 saturated carbocycles. The highest BCUT2D eigenvalue weighted by molar-refractivity contribution is 7.89. The standard InChI is InChI=1S/C15H24N2O3S/c1-10-8-11(2)15(20-5)14(9-10)21(18,19)17-7-6-16-12(3)13(17)4/h8-9,12-13,16H,6-7H2,1-5H3. The lowest BCUT2D eigenvalue weighted by Gasteiger charge is -2.37. The summed E-state index contributed by atoms with van der Waals surface area (Å²) in [5, 5.41) is 3.30. The molecule has 1 heterocycles. The number of hydrogen-bond acceptors (Lipinski definition) is 4. The number of nitrogens with zero attached hydrogens (tertiary/aromatic N) is 1. The van der Waals surface area contributed by atoms with Crippen LogP contribution < -0.4 is 10.1 Å². The Morgan fingerprint density at radius 1 is 1.29 bits per heavy atom. The Labute approximate surface area is 127 Å². The summed E-state index contributed by atoms with van der Waals surface area (Å²) in [7, 11) is -2.05. The second-order valence-corrected chi connectivity index (χ2v) is 7.57. The van der Waals surface area contributed by atoms with Crippen molar-refractivity contribution in [2.24, 2.45) is 0 Å². The molecule has 6 heteroatoms. The molecule has 1 N–H and O–H groups in total. The number of ether oxygens (including phenoxy) is 1. The van der Waals surface area contributed by atoms with E-state index in [4.69, 9.17) is 4.74 Å². The zero-order chi connectivity index (χ0) is 15.8. The maximum Gasteiger partial charge on any atom is 0.247 e. The molecule has 0 amide bonds. The molecule has 2 atom stereocenters. The molecule has 5 nitrogen and oxygen atoms in total. The van der Waals surface area contributed by atoms with Crippen LogP contribution in [0.4, 0.5) is 0 Å². The van der Waals surface area contributed by atoms with Gasteiger partial charge in [0.2, 0.25) is 10.0 Å². The van der Waals surface area contributed by atoms with Crippen molar-refractivity contribution in [3.8, 4) is 5.75 Å². The first-order valence-corrected chi connectivity index (χ1v) is 8.63. The molecular weight excluding hydrogens is 288 g/mol. The van der Waals surface area contributed by atoms with Crippen molar-refractivity contribution in [2.75, 3.05) is 20.2 Å². The number of piperazine rings is 1. The van der Waals surface area contributed by atoms with E-state index in [9.17, 15) is 8.42 Å². The molecule has 1 aliphatic rings. The van der Waals surface area contributed by atoms with E-state index in [0.29, 0.717) is 18.8 Å². The average Bonchev–Trinajstić information content (AvgIpc) is 2.41. The molecule has 1 fully saturated rings. The molecule has 2 unspecified atom stereocenters. The van der Waals surface area contributed by atoms with Gasteiger partial charge in [0.15, 0.2) is 0 Å². The molecule has 1 aliphatic heterocycles. The van der Waals surface area contributed by atoms with Gasteiger partial charge in [-0.05, 0) is 44.9 Å². The summed E-state index contributed by atoms with van der Waals surface area (Å²) in [6.45, 7) is 8.85. The van der Waals surface area contributed by atoms with Crippen LogP contribution in [0, 0.1) is 13.8 Å². The summed E-state index contributed by atoms with van der Waals surface area (Å²) in [6, 6.07) is 3.67. The molecule has 2 rings (SSSR count). The van der Waals surface area contributed by atoms with Crippen LogP contribution in [0.3, 0.4) is 0 Å². The van der Waals surface area contributed by atoms with E-state index < -0.39 is 10.0 Å². The second-order valence-electron chi connectivity index (χ2n) is 5.71. The van der Waals surface area contributed by atoms with Crippen LogP contribution in [-0.2, 0) is 10.0 Å². The Morgan fingerprint density at radius 3 is 2.57 bits per heavy atom. The van der Waals surface area contributed by atoms with E-state index in [0.717, 1.165) is 11.1 Å². The van der Waals surface area contributed by atoms with E-state index in [-0.39, 0.29) is 17.0 Å². The summed E-state index contributed by atoms with van der Waals surface area (Å²) in [4.78, 5) is 0.267. The van der Waals surface area contributed by atoms with Crippen LogP contribution in [0.5, 0.6) is 5.75 Å². The lowest BCUT2D eigenvalue weighted by atomic mass is 10.1. The third kappa shape index (κ3) is 2.93. The van der Waals surface area contributed by atoms with E-state index in [1.807, 2.05) is 33.8 Å². The first-order chi connectivity index (χ1) is 9.78. The van der Waals surface area contributed by atoms with Gasteiger partial charge in [-0.3, -0.25) is 0 Å². The minimum Gasteiger partial charge on any atom is -0.495 e. The fourth-order valence-electron chi connectivity index (χ4n) is 2.86. The van der Waals surface area contributed by atoms with Gasteiger partial charge in [0.05, 0.1) is 7.11 Å². The molecule has 0 aliphatic carbocycles. The van der Waals surface area contributed by atoms with Crippen LogP contribution in [0.2, 0.25) is 0 Å². The topological polar surface area (TPSA) is 58.6 Å². The van der Waals surface area contributed by atoms with Crippen LogP contribution in [0.15, 0.2) is 17.0 Å². The summed E-state index contributed by atoms with van der Waals surface area (Å²) in [5.74, 6) is 0.444. The molecule has 1 aromatic carbocycles. The highest BCUT2D eigenvalue weighted by Gasteiger charge is 2.36. The van der Waals surface area contributed by atoms with Gasteiger partial charge >= 0.3 is 0 Å². The predicted molar refractivity (Wildman–Crippen MR) is 83.3 cm³/mol. The lowest BCUT2D eigenvalue weighted by molar-refractivity contribution is 0.232. The number of benzene rings is 1. The Balaban J connectivity index is 2.54. The van der Waals surface area contributed by atoms with Crippen molar-refractivity contribution in [1.29, 1.82) is 0 Å². The van der Waals surface area contributed by atoms with Gasteiger partial charge < -0.3 is 10.1 Å². The molecule has 1 aromatic rings. The lowest BCUT2D eigenvalue weighted by Crippen LogP contribution is -2.57. The number of aryl methyl sites for hydroxylation is 2. The Kier molecular flexibility index (Phi) is 4.60.